The Morgan fingerprint density at radius 3 is 2.71 bits per heavy atom. The predicted molar refractivity (Wildman–Crippen MR) is 76.7 cm³/mol. The van der Waals surface area contributed by atoms with Gasteiger partial charge in [0.25, 0.3) is 10.2 Å². The second-order valence-electron chi connectivity index (χ2n) is 5.96. The monoisotopic (exact) mass is 320 g/mol. The molecule has 2 aliphatic rings. The highest BCUT2D eigenvalue weighted by Gasteiger charge is 2.44. The van der Waals surface area contributed by atoms with Gasteiger partial charge in [-0.15, -0.1) is 0 Å². The Bertz CT molecular complexity index is 491. The largest absolute Gasteiger partial charge is 0.465 e. The molecule has 0 aromatic rings. The highest BCUT2D eigenvalue weighted by molar-refractivity contribution is 7.86. The number of hydrogen-bond donors (Lipinski definition) is 1. The number of hydrogen-bond acceptors (Lipinski definition) is 5. The number of β-amino-alcohol motifs (C(OH)–C–C–N with tert-alkyl or cyclic N) is 1. The van der Waals surface area contributed by atoms with E-state index in [1.165, 1.54) is 8.61 Å². The van der Waals surface area contributed by atoms with E-state index in [9.17, 15) is 18.3 Å². The predicted octanol–water partition coefficient (Wildman–Crippen LogP) is 0.106. The van der Waals surface area contributed by atoms with Gasteiger partial charge in [0, 0.05) is 19.6 Å². The molecule has 8 heteroatoms. The quantitative estimate of drug-likeness (QED) is 0.743. The lowest BCUT2D eigenvalue weighted by Crippen LogP contribution is -2.55. The van der Waals surface area contributed by atoms with Gasteiger partial charge in [-0.1, -0.05) is 0 Å². The van der Waals surface area contributed by atoms with E-state index < -0.39 is 27.8 Å². The van der Waals surface area contributed by atoms with Gasteiger partial charge in [0.1, 0.15) is 6.04 Å². The lowest BCUT2D eigenvalue weighted by Gasteiger charge is -2.38. The van der Waals surface area contributed by atoms with Crippen molar-refractivity contribution in [1.82, 2.24) is 8.61 Å². The lowest BCUT2D eigenvalue weighted by atomic mass is 9.97. The average Bonchev–Trinajstić information content (AvgIpc) is 2.87. The topological polar surface area (TPSA) is 87.2 Å². The van der Waals surface area contributed by atoms with Gasteiger partial charge in [-0.3, -0.25) is 4.79 Å². The van der Waals surface area contributed by atoms with Gasteiger partial charge in [0.2, 0.25) is 0 Å². The van der Waals surface area contributed by atoms with Gasteiger partial charge in [0.05, 0.1) is 12.2 Å². The molecule has 0 aliphatic carbocycles. The van der Waals surface area contributed by atoms with Crippen molar-refractivity contribution in [3.8, 4) is 0 Å². The summed E-state index contributed by atoms with van der Waals surface area (Å²) in [6.07, 6.45) is 2.33. The summed E-state index contributed by atoms with van der Waals surface area (Å²) in [5.41, 5.74) is -1.01. The van der Waals surface area contributed by atoms with Crippen LogP contribution in [0.4, 0.5) is 0 Å². The van der Waals surface area contributed by atoms with E-state index in [1.807, 2.05) is 0 Å². The third kappa shape index (κ3) is 3.56. The summed E-state index contributed by atoms with van der Waals surface area (Å²) >= 11 is 0. The Morgan fingerprint density at radius 1 is 1.38 bits per heavy atom. The minimum absolute atomic E-state index is 0.0708. The van der Waals surface area contributed by atoms with Gasteiger partial charge in [-0.05, 0) is 39.5 Å². The molecule has 2 atom stereocenters. The van der Waals surface area contributed by atoms with E-state index in [2.05, 4.69) is 0 Å². The Hall–Kier alpha value is -0.700. The molecule has 0 saturated carbocycles. The Morgan fingerprint density at radius 2 is 2.10 bits per heavy atom. The van der Waals surface area contributed by atoms with Crippen LogP contribution in [0.2, 0.25) is 0 Å². The van der Waals surface area contributed by atoms with E-state index in [1.54, 1.807) is 13.8 Å². The number of piperidine rings is 1. The van der Waals surface area contributed by atoms with Crippen molar-refractivity contribution < 1.29 is 23.1 Å². The van der Waals surface area contributed by atoms with Gasteiger partial charge in [-0.2, -0.15) is 17.0 Å². The third-order valence-electron chi connectivity index (χ3n) is 4.02. The molecule has 0 bridgehead atoms. The summed E-state index contributed by atoms with van der Waals surface area (Å²) in [7, 11) is -3.74. The summed E-state index contributed by atoms with van der Waals surface area (Å²) in [5, 5.41) is 10.1. The van der Waals surface area contributed by atoms with Gasteiger partial charge >= 0.3 is 5.97 Å². The van der Waals surface area contributed by atoms with Crippen molar-refractivity contribution in [2.24, 2.45) is 0 Å². The standard InChI is InChI=1S/C13H24N2O5S/c1-3-20-12(16)11-6-4-9-15(11)21(18,19)14-8-5-7-13(2,17)10-14/h11,17H,3-10H2,1-2H3. The number of ether oxygens (including phenoxy) is 1. The van der Waals surface area contributed by atoms with Crippen LogP contribution < -0.4 is 0 Å². The fraction of sp³-hybridized carbons (Fsp3) is 0.923. The molecular formula is C13H24N2O5S. The lowest BCUT2D eigenvalue weighted by molar-refractivity contribution is -0.146. The molecule has 2 rings (SSSR count). The summed E-state index contributed by atoms with van der Waals surface area (Å²) < 4.78 is 32.9. The molecule has 2 saturated heterocycles. The van der Waals surface area contributed by atoms with Crippen molar-refractivity contribution in [3.63, 3.8) is 0 Å². The smallest absolute Gasteiger partial charge is 0.324 e. The van der Waals surface area contributed by atoms with Crippen molar-refractivity contribution in [1.29, 1.82) is 0 Å². The second-order valence-corrected chi connectivity index (χ2v) is 7.84. The maximum atomic E-state index is 12.7. The number of carbonyl (C=O) groups excluding carboxylic acids is 1. The maximum Gasteiger partial charge on any atom is 0.324 e. The van der Waals surface area contributed by atoms with Crippen LogP contribution in [0.3, 0.4) is 0 Å². The molecule has 122 valence electrons. The molecule has 2 aliphatic heterocycles. The summed E-state index contributed by atoms with van der Waals surface area (Å²) in [4.78, 5) is 11.9. The van der Waals surface area contributed by atoms with Gasteiger partial charge in [-0.25, -0.2) is 0 Å². The molecule has 21 heavy (non-hydrogen) atoms. The molecule has 0 radical (unpaired) electrons. The number of rotatable bonds is 4. The summed E-state index contributed by atoms with van der Waals surface area (Å²) in [6.45, 7) is 4.35. The molecule has 7 nitrogen and oxygen atoms in total. The van der Waals surface area contributed by atoms with E-state index >= 15 is 0 Å². The minimum atomic E-state index is -3.74. The number of aliphatic hydroxyl groups is 1. The van der Waals surface area contributed by atoms with E-state index in [0.29, 0.717) is 38.8 Å². The zero-order valence-corrected chi connectivity index (χ0v) is 13.4. The fourth-order valence-electron chi connectivity index (χ4n) is 3.01. The van der Waals surface area contributed by atoms with Crippen LogP contribution in [0.15, 0.2) is 0 Å². The maximum absolute atomic E-state index is 12.7. The van der Waals surface area contributed by atoms with E-state index in [4.69, 9.17) is 4.74 Å². The molecule has 0 aromatic carbocycles. The molecule has 1 N–H and O–H groups in total. The molecule has 0 amide bonds. The third-order valence-corrected chi connectivity index (χ3v) is 6.02. The number of nitrogens with zero attached hydrogens (tertiary/aromatic N) is 2. The van der Waals surface area contributed by atoms with Crippen molar-refractivity contribution in [2.75, 3.05) is 26.2 Å². The van der Waals surface area contributed by atoms with Crippen molar-refractivity contribution in [2.45, 2.75) is 51.2 Å². The van der Waals surface area contributed by atoms with Crippen LogP contribution in [0, 0.1) is 0 Å². The zero-order valence-electron chi connectivity index (χ0n) is 12.6. The second kappa shape index (κ2) is 6.20. The van der Waals surface area contributed by atoms with Crippen LogP contribution in [0.5, 0.6) is 0 Å². The highest BCUT2D eigenvalue weighted by Crippen LogP contribution is 2.28. The Kier molecular flexibility index (Phi) is 4.92. The fourth-order valence-corrected chi connectivity index (χ4v) is 4.98. The molecule has 2 unspecified atom stereocenters. The molecule has 2 fully saturated rings. The first-order valence-corrected chi connectivity index (χ1v) is 8.83. The SMILES string of the molecule is CCOC(=O)C1CCCN1S(=O)(=O)N1CCCC(C)(O)C1. The first kappa shape index (κ1) is 16.7. The molecule has 0 spiro atoms. The van der Waals surface area contributed by atoms with Crippen LogP contribution in [0.1, 0.15) is 39.5 Å². The Labute approximate surface area is 126 Å². The molecule has 2 heterocycles. The average molecular weight is 320 g/mol. The number of esters is 1. The highest BCUT2D eigenvalue weighted by atomic mass is 32.2. The summed E-state index contributed by atoms with van der Waals surface area (Å²) in [6, 6.07) is -0.734. The van der Waals surface area contributed by atoms with Crippen molar-refractivity contribution >= 4 is 16.2 Å². The van der Waals surface area contributed by atoms with Crippen LogP contribution in [-0.4, -0.2) is 66.0 Å². The zero-order chi connectivity index (χ0) is 15.7. The van der Waals surface area contributed by atoms with E-state index in [-0.39, 0.29) is 13.2 Å². The van der Waals surface area contributed by atoms with Gasteiger partial charge < -0.3 is 9.84 Å². The first-order chi connectivity index (χ1) is 9.78. The van der Waals surface area contributed by atoms with Crippen LogP contribution in [-0.2, 0) is 19.7 Å². The molecule has 0 aromatic heterocycles. The molecular weight excluding hydrogens is 296 g/mol. The minimum Gasteiger partial charge on any atom is -0.465 e. The normalized spacial score (nSPS) is 32.2. The Balaban J connectivity index is 2.16. The van der Waals surface area contributed by atoms with Crippen molar-refractivity contribution in [3.05, 3.63) is 0 Å². The van der Waals surface area contributed by atoms with Gasteiger partial charge in [0.15, 0.2) is 0 Å². The summed E-state index contributed by atoms with van der Waals surface area (Å²) in [5.74, 6) is -0.484. The van der Waals surface area contributed by atoms with E-state index in [0.717, 1.165) is 0 Å². The van der Waals surface area contributed by atoms with Crippen LogP contribution in [0.25, 0.3) is 0 Å². The first-order valence-electron chi connectivity index (χ1n) is 7.44. The van der Waals surface area contributed by atoms with Crippen LogP contribution >= 0.6 is 0 Å². The number of carbonyl (C=O) groups is 1.